The van der Waals surface area contributed by atoms with Crippen LogP contribution in [0.15, 0.2) is 30.3 Å². The Morgan fingerprint density at radius 1 is 1.22 bits per heavy atom. The zero-order chi connectivity index (χ0) is 16.5. The van der Waals surface area contributed by atoms with Crippen LogP contribution < -0.4 is 5.32 Å². The summed E-state index contributed by atoms with van der Waals surface area (Å²) < 4.78 is 0. The summed E-state index contributed by atoms with van der Waals surface area (Å²) in [7, 11) is 0. The van der Waals surface area contributed by atoms with Crippen LogP contribution in [0.5, 0.6) is 0 Å². The summed E-state index contributed by atoms with van der Waals surface area (Å²) in [5.41, 5.74) is 1.40. The Labute approximate surface area is 140 Å². The second-order valence-corrected chi connectivity index (χ2v) is 6.38. The molecule has 0 spiro atoms. The molecule has 0 unspecified atom stereocenters. The monoisotopic (exact) mass is 317 g/mol. The van der Waals surface area contributed by atoms with Crippen LogP contribution in [0.3, 0.4) is 0 Å². The first kappa shape index (κ1) is 17.8. The van der Waals surface area contributed by atoms with Gasteiger partial charge in [-0.3, -0.25) is 0 Å². The van der Waals surface area contributed by atoms with Crippen molar-refractivity contribution < 1.29 is 4.79 Å². The van der Waals surface area contributed by atoms with Gasteiger partial charge in [0.2, 0.25) is 0 Å². The highest BCUT2D eigenvalue weighted by Crippen LogP contribution is 2.12. The molecule has 0 radical (unpaired) electrons. The van der Waals surface area contributed by atoms with Crippen LogP contribution in [0.4, 0.5) is 4.79 Å². The lowest BCUT2D eigenvalue weighted by Gasteiger charge is -2.33. The number of rotatable bonds is 7. The molecule has 23 heavy (non-hydrogen) atoms. The van der Waals surface area contributed by atoms with Crippen LogP contribution in [0.25, 0.3) is 0 Å². The lowest BCUT2D eigenvalue weighted by molar-refractivity contribution is 0.174. The minimum atomic E-state index is 0.108. The molecule has 0 bridgehead atoms. The number of carbonyl (C=O) groups excluding carboxylic acids is 1. The molecule has 0 aromatic heterocycles. The van der Waals surface area contributed by atoms with Gasteiger partial charge in [0, 0.05) is 38.8 Å². The number of carbonyl (C=O) groups is 1. The Balaban J connectivity index is 1.68. The number of urea groups is 1. The van der Waals surface area contributed by atoms with Gasteiger partial charge in [0.15, 0.2) is 0 Å². The van der Waals surface area contributed by atoms with Gasteiger partial charge < -0.3 is 15.1 Å². The van der Waals surface area contributed by atoms with Crippen LogP contribution >= 0.6 is 0 Å². The van der Waals surface area contributed by atoms with Crippen LogP contribution in [-0.2, 0) is 6.42 Å². The maximum Gasteiger partial charge on any atom is 0.317 e. The molecule has 0 aliphatic carbocycles. The molecular weight excluding hydrogens is 286 g/mol. The summed E-state index contributed by atoms with van der Waals surface area (Å²) in [6, 6.07) is 11.1. The Morgan fingerprint density at radius 2 is 1.91 bits per heavy atom. The Kier molecular flexibility index (Phi) is 7.40. The maximum atomic E-state index is 12.2. The van der Waals surface area contributed by atoms with Gasteiger partial charge in [0.1, 0.15) is 0 Å². The smallest absolute Gasteiger partial charge is 0.317 e. The van der Waals surface area contributed by atoms with Crippen molar-refractivity contribution in [2.75, 3.05) is 32.7 Å². The lowest BCUT2D eigenvalue weighted by Crippen LogP contribution is -2.49. The number of piperidine rings is 1. The molecule has 4 nitrogen and oxygen atoms in total. The molecule has 128 valence electrons. The van der Waals surface area contributed by atoms with Crippen LogP contribution in [0.2, 0.25) is 0 Å². The predicted molar refractivity (Wildman–Crippen MR) is 95.7 cm³/mol. The number of benzene rings is 1. The van der Waals surface area contributed by atoms with E-state index >= 15 is 0 Å². The van der Waals surface area contributed by atoms with E-state index < -0.39 is 0 Å². The molecule has 1 saturated heterocycles. The van der Waals surface area contributed by atoms with E-state index in [0.717, 1.165) is 58.4 Å². The summed E-state index contributed by atoms with van der Waals surface area (Å²) in [4.78, 5) is 16.6. The molecule has 0 saturated carbocycles. The van der Waals surface area contributed by atoms with E-state index in [0.29, 0.717) is 6.04 Å². The van der Waals surface area contributed by atoms with E-state index in [9.17, 15) is 4.79 Å². The SMILES string of the molecule is CCCN(CC)C(=O)NC1CCN(CCc2ccccc2)CC1. The summed E-state index contributed by atoms with van der Waals surface area (Å²) in [6.07, 6.45) is 4.24. The summed E-state index contributed by atoms with van der Waals surface area (Å²) in [6.45, 7) is 9.06. The van der Waals surface area contributed by atoms with Crippen LogP contribution in [0.1, 0.15) is 38.7 Å². The van der Waals surface area contributed by atoms with Gasteiger partial charge in [0.25, 0.3) is 0 Å². The van der Waals surface area contributed by atoms with E-state index in [1.807, 2.05) is 11.8 Å². The molecule has 1 heterocycles. The summed E-state index contributed by atoms with van der Waals surface area (Å²) >= 11 is 0. The Hall–Kier alpha value is -1.55. The quantitative estimate of drug-likeness (QED) is 0.838. The molecule has 1 aromatic rings. The molecule has 4 heteroatoms. The highest BCUT2D eigenvalue weighted by Gasteiger charge is 2.22. The highest BCUT2D eigenvalue weighted by atomic mass is 16.2. The first-order valence-corrected chi connectivity index (χ1v) is 9.04. The summed E-state index contributed by atoms with van der Waals surface area (Å²) in [5, 5.41) is 3.21. The molecule has 0 atom stereocenters. The van der Waals surface area contributed by atoms with Gasteiger partial charge in [-0.05, 0) is 38.2 Å². The molecule has 1 aliphatic rings. The standard InChI is InChI=1S/C19H31N3O/c1-3-13-22(4-2)19(23)20-18-11-15-21(16-12-18)14-10-17-8-6-5-7-9-17/h5-9,18H,3-4,10-16H2,1-2H3,(H,20,23). The van der Waals surface area contributed by atoms with E-state index in [-0.39, 0.29) is 6.03 Å². The van der Waals surface area contributed by atoms with Gasteiger partial charge in [-0.2, -0.15) is 0 Å². The van der Waals surface area contributed by atoms with Crippen molar-refractivity contribution in [2.45, 2.75) is 45.6 Å². The second-order valence-electron chi connectivity index (χ2n) is 6.38. The van der Waals surface area contributed by atoms with Crippen molar-refractivity contribution >= 4 is 6.03 Å². The fourth-order valence-electron chi connectivity index (χ4n) is 3.17. The van der Waals surface area contributed by atoms with Gasteiger partial charge in [-0.15, -0.1) is 0 Å². The molecule has 1 aliphatic heterocycles. The third-order valence-corrected chi connectivity index (χ3v) is 4.64. The number of nitrogens with zero attached hydrogens (tertiary/aromatic N) is 2. The number of likely N-dealkylation sites (tertiary alicyclic amines) is 1. The lowest BCUT2D eigenvalue weighted by atomic mass is 10.0. The Morgan fingerprint density at radius 3 is 2.52 bits per heavy atom. The molecule has 1 fully saturated rings. The number of amides is 2. The summed E-state index contributed by atoms with van der Waals surface area (Å²) in [5.74, 6) is 0. The van der Waals surface area contributed by atoms with Gasteiger partial charge >= 0.3 is 6.03 Å². The predicted octanol–water partition coefficient (Wildman–Crippen LogP) is 3.14. The minimum absolute atomic E-state index is 0.108. The third kappa shape index (κ3) is 5.87. The van der Waals surface area contributed by atoms with Gasteiger partial charge in [-0.25, -0.2) is 4.79 Å². The van der Waals surface area contributed by atoms with Crippen molar-refractivity contribution in [3.05, 3.63) is 35.9 Å². The second kappa shape index (κ2) is 9.56. The minimum Gasteiger partial charge on any atom is -0.335 e. The third-order valence-electron chi connectivity index (χ3n) is 4.64. The molecular formula is C19H31N3O. The van der Waals surface area contributed by atoms with Gasteiger partial charge in [0.05, 0.1) is 0 Å². The number of hydrogen-bond acceptors (Lipinski definition) is 2. The Bertz CT molecular complexity index is 455. The molecule has 2 amide bonds. The average molecular weight is 317 g/mol. The maximum absolute atomic E-state index is 12.2. The zero-order valence-corrected chi connectivity index (χ0v) is 14.6. The average Bonchev–Trinajstić information content (AvgIpc) is 2.60. The number of hydrogen-bond donors (Lipinski definition) is 1. The molecule has 1 aromatic carbocycles. The van der Waals surface area contributed by atoms with Crippen molar-refractivity contribution in [1.29, 1.82) is 0 Å². The first-order valence-electron chi connectivity index (χ1n) is 9.04. The zero-order valence-electron chi connectivity index (χ0n) is 14.6. The van der Waals surface area contributed by atoms with Crippen LogP contribution in [-0.4, -0.2) is 54.6 Å². The van der Waals surface area contributed by atoms with Gasteiger partial charge in [-0.1, -0.05) is 37.3 Å². The molecule has 1 N–H and O–H groups in total. The topological polar surface area (TPSA) is 35.6 Å². The fraction of sp³-hybridized carbons (Fsp3) is 0.632. The number of nitrogens with one attached hydrogen (secondary N) is 1. The fourth-order valence-corrected chi connectivity index (χ4v) is 3.17. The van der Waals surface area contributed by atoms with Crippen molar-refractivity contribution in [1.82, 2.24) is 15.1 Å². The van der Waals surface area contributed by atoms with E-state index in [4.69, 9.17) is 0 Å². The largest absolute Gasteiger partial charge is 0.335 e. The molecule has 2 rings (SSSR count). The normalized spacial score (nSPS) is 16.3. The van der Waals surface area contributed by atoms with Crippen molar-refractivity contribution in [3.63, 3.8) is 0 Å². The van der Waals surface area contributed by atoms with Crippen molar-refractivity contribution in [2.24, 2.45) is 0 Å². The first-order chi connectivity index (χ1) is 11.2. The van der Waals surface area contributed by atoms with E-state index in [1.165, 1.54) is 5.56 Å². The van der Waals surface area contributed by atoms with E-state index in [1.54, 1.807) is 0 Å². The van der Waals surface area contributed by atoms with Crippen molar-refractivity contribution in [3.8, 4) is 0 Å². The van der Waals surface area contributed by atoms with E-state index in [2.05, 4.69) is 47.5 Å². The van der Waals surface area contributed by atoms with Crippen LogP contribution in [0, 0.1) is 0 Å². The highest BCUT2D eigenvalue weighted by molar-refractivity contribution is 5.74.